The fourth-order valence-electron chi connectivity index (χ4n) is 4.13. The van der Waals surface area contributed by atoms with Gasteiger partial charge >= 0.3 is 0 Å². The van der Waals surface area contributed by atoms with Gasteiger partial charge in [0.15, 0.2) is 5.76 Å². The number of nitrogens with zero attached hydrogens (tertiary/aromatic N) is 2. The molecular formula is C31H42N6O8S. The molecule has 4 N–H and O–H groups in total. The zero-order valence-corrected chi connectivity index (χ0v) is 27.9. The lowest BCUT2D eigenvalue weighted by molar-refractivity contribution is -0.131. The van der Waals surface area contributed by atoms with Crippen LogP contribution in [0.4, 0.5) is 0 Å². The number of sulfonamides is 1. The number of amides is 3. The number of aromatic nitrogens is 2. The van der Waals surface area contributed by atoms with Gasteiger partial charge in [0.05, 0.1) is 23.6 Å². The van der Waals surface area contributed by atoms with Crippen molar-refractivity contribution in [3.63, 3.8) is 0 Å². The molecule has 3 amide bonds. The number of carbonyl (C=O) groups excluding carboxylic acids is 4. The second-order valence-corrected chi connectivity index (χ2v) is 14.4. The molecule has 3 unspecified atom stereocenters. The lowest BCUT2D eigenvalue weighted by atomic mass is 9.97. The van der Waals surface area contributed by atoms with Gasteiger partial charge < -0.3 is 24.8 Å². The minimum absolute atomic E-state index is 0.00530. The Morgan fingerprint density at radius 1 is 0.913 bits per heavy atom. The molecule has 3 rings (SSSR count). The first-order valence-electron chi connectivity index (χ1n) is 14.8. The summed E-state index contributed by atoms with van der Waals surface area (Å²) in [6.45, 7) is 12.9. The van der Waals surface area contributed by atoms with E-state index in [4.69, 9.17) is 8.83 Å². The largest absolute Gasteiger partial charge is 0.459 e. The van der Waals surface area contributed by atoms with Crippen LogP contribution in [0.15, 0.2) is 56.4 Å². The van der Waals surface area contributed by atoms with Gasteiger partial charge in [0.2, 0.25) is 33.5 Å². The lowest BCUT2D eigenvalue weighted by Crippen LogP contribution is -2.55. The average Bonchev–Trinajstić information content (AvgIpc) is 3.67. The molecule has 0 saturated heterocycles. The van der Waals surface area contributed by atoms with E-state index < -0.39 is 58.1 Å². The number of aryl methyl sites for hydroxylation is 1. The van der Waals surface area contributed by atoms with Crippen molar-refractivity contribution in [2.45, 2.75) is 84.3 Å². The highest BCUT2D eigenvalue weighted by Gasteiger charge is 2.33. The van der Waals surface area contributed by atoms with E-state index in [1.165, 1.54) is 25.3 Å². The molecule has 3 aromatic rings. The van der Waals surface area contributed by atoms with Gasteiger partial charge in [-0.3, -0.25) is 19.2 Å². The molecular weight excluding hydrogens is 616 g/mol. The van der Waals surface area contributed by atoms with Crippen molar-refractivity contribution in [2.75, 3.05) is 6.54 Å². The van der Waals surface area contributed by atoms with Gasteiger partial charge in [-0.2, -0.15) is 4.72 Å². The normalized spacial score (nSPS) is 13.9. The lowest BCUT2D eigenvalue weighted by Gasteiger charge is -2.24. The topological polar surface area (TPSA) is 203 Å². The summed E-state index contributed by atoms with van der Waals surface area (Å²) in [4.78, 5) is 52.5. The van der Waals surface area contributed by atoms with E-state index in [1.807, 2.05) is 34.6 Å². The van der Waals surface area contributed by atoms with E-state index in [1.54, 1.807) is 31.2 Å². The van der Waals surface area contributed by atoms with Crippen LogP contribution >= 0.6 is 0 Å². The van der Waals surface area contributed by atoms with Crippen LogP contribution in [0.1, 0.15) is 70.6 Å². The number of hydrogen-bond donors (Lipinski definition) is 4. The molecule has 15 heteroatoms. The van der Waals surface area contributed by atoms with Crippen molar-refractivity contribution in [3.05, 3.63) is 54.1 Å². The molecule has 0 aliphatic heterocycles. The monoisotopic (exact) mass is 658 g/mol. The van der Waals surface area contributed by atoms with Crippen molar-refractivity contribution in [1.82, 2.24) is 30.9 Å². The Balaban J connectivity index is 1.75. The molecule has 250 valence electrons. The fraction of sp³-hybridized carbons (Fsp3) is 0.484. The summed E-state index contributed by atoms with van der Waals surface area (Å²) in [5.74, 6) is -2.92. The minimum atomic E-state index is -4.22. The summed E-state index contributed by atoms with van der Waals surface area (Å²) in [5.41, 5.74) is 0.577. The molecule has 0 bridgehead atoms. The molecule has 2 heterocycles. The molecule has 0 saturated carbocycles. The van der Waals surface area contributed by atoms with E-state index in [2.05, 4.69) is 30.9 Å². The highest BCUT2D eigenvalue weighted by Crippen LogP contribution is 2.20. The number of nitrogens with one attached hydrogen (secondary N) is 4. The number of furan rings is 1. The smallest absolute Gasteiger partial charge is 0.286 e. The van der Waals surface area contributed by atoms with Gasteiger partial charge in [-0.1, -0.05) is 52.3 Å². The molecule has 0 spiro atoms. The van der Waals surface area contributed by atoms with Crippen molar-refractivity contribution in [2.24, 2.45) is 11.3 Å². The van der Waals surface area contributed by atoms with Crippen LogP contribution < -0.4 is 20.7 Å². The number of Topliss-reactive ketones (excluding diaryl/α,β-unsaturated/α-hetero) is 1. The first-order valence-corrected chi connectivity index (χ1v) is 16.3. The van der Waals surface area contributed by atoms with Crippen LogP contribution in [0.2, 0.25) is 0 Å². The molecule has 0 radical (unpaired) electrons. The summed E-state index contributed by atoms with van der Waals surface area (Å²) in [7, 11) is -4.22. The third kappa shape index (κ3) is 10.6. The maximum Gasteiger partial charge on any atom is 0.286 e. The molecule has 0 aliphatic rings. The highest BCUT2D eigenvalue weighted by atomic mass is 32.2. The Hall–Kier alpha value is -4.37. The standard InChI is InChI=1S/C31H42N6O8S/c1-18(2)15-22(26(39)30-36-35-29(45-30)24-9-8-14-44-24)34-27(40)20(4)33-28(41)23(16-25(38)32-17-31(5,6)7)37-46(42,43)21-12-10-19(3)11-13-21/h8-14,18,20,22-23,37H,15-17H2,1-7H3,(H,32,38)(H,33,41)(H,34,40). The Morgan fingerprint density at radius 3 is 2.17 bits per heavy atom. The number of ketones is 1. The highest BCUT2D eigenvalue weighted by molar-refractivity contribution is 7.89. The molecule has 1 aromatic carbocycles. The maximum atomic E-state index is 13.4. The number of carbonyl (C=O) groups is 4. The molecule has 0 fully saturated rings. The average molecular weight is 659 g/mol. The van der Waals surface area contributed by atoms with Gasteiger partial charge in [0, 0.05) is 6.54 Å². The Morgan fingerprint density at radius 2 is 1.59 bits per heavy atom. The maximum absolute atomic E-state index is 13.4. The quantitative estimate of drug-likeness (QED) is 0.176. The first-order chi connectivity index (χ1) is 21.4. The summed E-state index contributed by atoms with van der Waals surface area (Å²) in [6.07, 6.45) is 1.11. The fourth-order valence-corrected chi connectivity index (χ4v) is 5.33. The molecule has 46 heavy (non-hydrogen) atoms. The van der Waals surface area contributed by atoms with Gasteiger partial charge in [-0.05, 0) is 55.9 Å². The second kappa shape index (κ2) is 15.3. The summed E-state index contributed by atoms with van der Waals surface area (Å²) < 4.78 is 39.3. The van der Waals surface area contributed by atoms with E-state index in [0.717, 1.165) is 5.56 Å². The van der Waals surface area contributed by atoms with E-state index in [-0.39, 0.29) is 46.7 Å². The number of hydrogen-bond acceptors (Lipinski definition) is 10. The predicted octanol–water partition coefficient (Wildman–Crippen LogP) is 2.76. The summed E-state index contributed by atoms with van der Waals surface area (Å²) in [6, 6.07) is 5.34. The Kier molecular flexibility index (Phi) is 12.0. The van der Waals surface area contributed by atoms with Crippen molar-refractivity contribution >= 4 is 33.5 Å². The van der Waals surface area contributed by atoms with E-state index >= 15 is 0 Å². The van der Waals surface area contributed by atoms with Crippen LogP contribution in [0, 0.1) is 18.3 Å². The zero-order chi connectivity index (χ0) is 34.2. The molecule has 0 aliphatic carbocycles. The predicted molar refractivity (Wildman–Crippen MR) is 168 cm³/mol. The summed E-state index contributed by atoms with van der Waals surface area (Å²) >= 11 is 0. The van der Waals surface area contributed by atoms with Gasteiger partial charge in [0.25, 0.3) is 11.8 Å². The van der Waals surface area contributed by atoms with E-state index in [0.29, 0.717) is 0 Å². The van der Waals surface area contributed by atoms with Gasteiger partial charge in [0.1, 0.15) is 12.1 Å². The molecule has 3 atom stereocenters. The van der Waals surface area contributed by atoms with Gasteiger partial charge in [-0.25, -0.2) is 8.42 Å². The van der Waals surface area contributed by atoms with Crippen molar-refractivity contribution < 1.29 is 36.4 Å². The molecule has 2 aromatic heterocycles. The number of benzene rings is 1. The minimum Gasteiger partial charge on any atom is -0.459 e. The van der Waals surface area contributed by atoms with Crippen LogP contribution in [-0.4, -0.2) is 66.8 Å². The third-order valence-corrected chi connectivity index (χ3v) is 8.10. The Bertz CT molecular complexity index is 1610. The van der Waals surface area contributed by atoms with Crippen molar-refractivity contribution in [3.8, 4) is 11.7 Å². The number of rotatable bonds is 15. The van der Waals surface area contributed by atoms with Crippen LogP contribution in [-0.2, 0) is 24.4 Å². The Labute approximate surface area is 268 Å². The first kappa shape index (κ1) is 36.1. The SMILES string of the molecule is Cc1ccc(S(=O)(=O)NC(CC(=O)NCC(C)(C)C)C(=O)NC(C)C(=O)NC(CC(C)C)C(=O)c2nnc(-c3ccco3)o2)cc1. The second-order valence-electron chi connectivity index (χ2n) is 12.7. The van der Waals surface area contributed by atoms with Crippen molar-refractivity contribution in [1.29, 1.82) is 0 Å². The van der Waals surface area contributed by atoms with Crippen LogP contribution in [0.3, 0.4) is 0 Å². The van der Waals surface area contributed by atoms with Crippen LogP contribution in [0.5, 0.6) is 0 Å². The summed E-state index contributed by atoms with van der Waals surface area (Å²) in [5, 5.41) is 15.4. The molecule has 14 nitrogen and oxygen atoms in total. The van der Waals surface area contributed by atoms with Gasteiger partial charge in [-0.15, -0.1) is 10.2 Å². The van der Waals surface area contributed by atoms with E-state index in [9.17, 15) is 27.6 Å². The zero-order valence-electron chi connectivity index (χ0n) is 27.0. The van der Waals surface area contributed by atoms with Crippen LogP contribution in [0.25, 0.3) is 11.7 Å². The third-order valence-electron chi connectivity index (χ3n) is 6.61.